The molecule has 0 saturated heterocycles. The van der Waals surface area contributed by atoms with Crippen LogP contribution in [0.15, 0.2) is 18.2 Å². The van der Waals surface area contributed by atoms with E-state index in [1.54, 1.807) is 0 Å². The lowest BCUT2D eigenvalue weighted by Gasteiger charge is -2.25. The van der Waals surface area contributed by atoms with Crippen LogP contribution in [-0.2, 0) is 11.2 Å². The Kier molecular flexibility index (Phi) is 5.06. The third kappa shape index (κ3) is 3.76. The second-order valence-electron chi connectivity index (χ2n) is 5.36. The second-order valence-corrected chi connectivity index (χ2v) is 5.36. The minimum atomic E-state index is -0.570. The van der Waals surface area contributed by atoms with Crippen molar-refractivity contribution < 1.29 is 13.6 Å². The molecule has 20 heavy (non-hydrogen) atoms. The number of carbonyl (C=O) groups is 1. The van der Waals surface area contributed by atoms with Gasteiger partial charge in [0.1, 0.15) is 11.6 Å². The fourth-order valence-electron chi connectivity index (χ4n) is 2.69. The fourth-order valence-corrected chi connectivity index (χ4v) is 2.69. The molecule has 1 fully saturated rings. The van der Waals surface area contributed by atoms with E-state index in [1.165, 1.54) is 18.2 Å². The highest BCUT2D eigenvalue weighted by atomic mass is 19.1. The Hall–Kier alpha value is -1.49. The van der Waals surface area contributed by atoms with Gasteiger partial charge < -0.3 is 11.1 Å². The first kappa shape index (κ1) is 14.9. The number of rotatable bonds is 4. The molecule has 0 aliphatic heterocycles. The SMILES string of the molecule is NC1CCCC(C(=O)NCCc2c(F)cccc2F)C1. The lowest BCUT2D eigenvalue weighted by Crippen LogP contribution is -2.38. The fraction of sp³-hybridized carbons (Fsp3) is 0.533. The summed E-state index contributed by atoms with van der Waals surface area (Å²) >= 11 is 0. The van der Waals surface area contributed by atoms with Crippen LogP contribution in [0.5, 0.6) is 0 Å². The van der Waals surface area contributed by atoms with Crippen molar-refractivity contribution >= 4 is 5.91 Å². The summed E-state index contributed by atoms with van der Waals surface area (Å²) < 4.78 is 26.8. The van der Waals surface area contributed by atoms with Gasteiger partial charge in [0, 0.05) is 24.1 Å². The van der Waals surface area contributed by atoms with Crippen LogP contribution >= 0.6 is 0 Å². The molecule has 1 aliphatic carbocycles. The number of benzene rings is 1. The Labute approximate surface area is 117 Å². The van der Waals surface area contributed by atoms with Gasteiger partial charge in [-0.3, -0.25) is 4.79 Å². The maximum Gasteiger partial charge on any atom is 0.223 e. The van der Waals surface area contributed by atoms with E-state index in [1.807, 2.05) is 0 Å². The molecule has 2 unspecified atom stereocenters. The van der Waals surface area contributed by atoms with Gasteiger partial charge in [-0.05, 0) is 37.8 Å². The van der Waals surface area contributed by atoms with E-state index in [9.17, 15) is 13.6 Å². The molecule has 1 saturated carbocycles. The molecule has 0 heterocycles. The van der Waals surface area contributed by atoms with Crippen LogP contribution in [-0.4, -0.2) is 18.5 Å². The summed E-state index contributed by atoms with van der Waals surface area (Å²) in [5.74, 6) is -1.26. The maximum absolute atomic E-state index is 13.4. The zero-order chi connectivity index (χ0) is 14.5. The number of nitrogens with two attached hydrogens (primary N) is 1. The van der Waals surface area contributed by atoms with Crippen molar-refractivity contribution in [2.24, 2.45) is 11.7 Å². The van der Waals surface area contributed by atoms with Crippen LogP contribution in [0.25, 0.3) is 0 Å². The summed E-state index contributed by atoms with van der Waals surface area (Å²) in [7, 11) is 0. The van der Waals surface area contributed by atoms with E-state index in [0.29, 0.717) is 6.42 Å². The largest absolute Gasteiger partial charge is 0.356 e. The zero-order valence-electron chi connectivity index (χ0n) is 11.4. The molecular formula is C15H20F2N2O. The molecule has 5 heteroatoms. The first-order valence-corrected chi connectivity index (χ1v) is 7.04. The van der Waals surface area contributed by atoms with E-state index >= 15 is 0 Å². The van der Waals surface area contributed by atoms with Gasteiger partial charge in [-0.15, -0.1) is 0 Å². The van der Waals surface area contributed by atoms with Crippen molar-refractivity contribution in [3.05, 3.63) is 35.4 Å². The molecule has 1 aromatic rings. The van der Waals surface area contributed by atoms with Crippen molar-refractivity contribution in [3.8, 4) is 0 Å². The van der Waals surface area contributed by atoms with E-state index < -0.39 is 11.6 Å². The monoisotopic (exact) mass is 282 g/mol. The van der Waals surface area contributed by atoms with Gasteiger partial charge in [0.15, 0.2) is 0 Å². The summed E-state index contributed by atoms with van der Waals surface area (Å²) in [6.45, 7) is 0.239. The average molecular weight is 282 g/mol. The first-order valence-electron chi connectivity index (χ1n) is 7.04. The predicted octanol–water partition coefficient (Wildman–Crippen LogP) is 2.14. The van der Waals surface area contributed by atoms with Crippen molar-refractivity contribution in [1.29, 1.82) is 0 Å². The van der Waals surface area contributed by atoms with Crippen molar-refractivity contribution in [2.45, 2.75) is 38.1 Å². The quantitative estimate of drug-likeness (QED) is 0.889. The van der Waals surface area contributed by atoms with Gasteiger partial charge in [0.2, 0.25) is 5.91 Å². The first-order chi connectivity index (χ1) is 9.58. The smallest absolute Gasteiger partial charge is 0.223 e. The highest BCUT2D eigenvalue weighted by Crippen LogP contribution is 2.23. The summed E-state index contributed by atoms with van der Waals surface area (Å²) in [6.07, 6.45) is 3.61. The van der Waals surface area contributed by atoms with Gasteiger partial charge in [-0.2, -0.15) is 0 Å². The standard InChI is InChI=1S/C15H20F2N2O/c16-13-5-2-6-14(17)12(13)7-8-19-15(20)10-3-1-4-11(18)9-10/h2,5-6,10-11H,1,3-4,7-9,18H2,(H,19,20). The number of nitrogens with one attached hydrogen (secondary N) is 1. The van der Waals surface area contributed by atoms with Gasteiger partial charge in [-0.25, -0.2) is 8.78 Å². The topological polar surface area (TPSA) is 55.1 Å². The molecule has 3 N–H and O–H groups in total. The van der Waals surface area contributed by atoms with Crippen LogP contribution in [0.2, 0.25) is 0 Å². The highest BCUT2D eigenvalue weighted by molar-refractivity contribution is 5.78. The van der Waals surface area contributed by atoms with Crippen molar-refractivity contribution in [3.63, 3.8) is 0 Å². The van der Waals surface area contributed by atoms with Crippen molar-refractivity contribution in [1.82, 2.24) is 5.32 Å². The molecule has 2 rings (SSSR count). The molecule has 1 amide bonds. The Morgan fingerprint density at radius 3 is 2.65 bits per heavy atom. The molecule has 0 radical (unpaired) electrons. The molecule has 0 bridgehead atoms. The molecule has 0 spiro atoms. The Balaban J connectivity index is 1.82. The highest BCUT2D eigenvalue weighted by Gasteiger charge is 2.25. The number of amides is 1. The van der Waals surface area contributed by atoms with Crippen LogP contribution in [0.4, 0.5) is 8.78 Å². The normalized spacial score (nSPS) is 22.6. The second kappa shape index (κ2) is 6.79. The third-order valence-corrected chi connectivity index (χ3v) is 3.82. The van der Waals surface area contributed by atoms with Crippen molar-refractivity contribution in [2.75, 3.05) is 6.54 Å². The summed E-state index contributed by atoms with van der Waals surface area (Å²) in [5.41, 5.74) is 5.86. The summed E-state index contributed by atoms with van der Waals surface area (Å²) in [5, 5.41) is 2.75. The lowest BCUT2D eigenvalue weighted by molar-refractivity contribution is -0.126. The number of halogens is 2. The lowest BCUT2D eigenvalue weighted by atomic mass is 9.85. The maximum atomic E-state index is 13.4. The molecule has 2 atom stereocenters. The van der Waals surface area contributed by atoms with E-state index in [4.69, 9.17) is 5.73 Å². The minimum absolute atomic E-state index is 0.0214. The van der Waals surface area contributed by atoms with E-state index in [2.05, 4.69) is 5.32 Å². The predicted molar refractivity (Wildman–Crippen MR) is 73.0 cm³/mol. The molecule has 1 aliphatic rings. The molecule has 0 aromatic heterocycles. The molecular weight excluding hydrogens is 262 g/mol. The van der Waals surface area contributed by atoms with Gasteiger partial charge in [-0.1, -0.05) is 12.5 Å². The Morgan fingerprint density at radius 1 is 1.30 bits per heavy atom. The molecule has 3 nitrogen and oxygen atoms in total. The molecule has 110 valence electrons. The van der Waals surface area contributed by atoms with Crippen LogP contribution in [0.1, 0.15) is 31.2 Å². The van der Waals surface area contributed by atoms with Gasteiger partial charge in [0.05, 0.1) is 0 Å². The van der Waals surface area contributed by atoms with E-state index in [0.717, 1.165) is 19.3 Å². The van der Waals surface area contributed by atoms with Gasteiger partial charge in [0.25, 0.3) is 0 Å². The summed E-state index contributed by atoms with van der Waals surface area (Å²) in [4.78, 5) is 11.9. The Bertz CT molecular complexity index is 459. The van der Waals surface area contributed by atoms with Crippen LogP contribution < -0.4 is 11.1 Å². The summed E-state index contributed by atoms with van der Waals surface area (Å²) in [6, 6.07) is 3.86. The number of hydrogen-bond acceptors (Lipinski definition) is 2. The van der Waals surface area contributed by atoms with Gasteiger partial charge >= 0.3 is 0 Å². The van der Waals surface area contributed by atoms with E-state index in [-0.39, 0.29) is 36.4 Å². The third-order valence-electron chi connectivity index (χ3n) is 3.82. The molecule has 1 aromatic carbocycles. The minimum Gasteiger partial charge on any atom is -0.356 e. The zero-order valence-corrected chi connectivity index (χ0v) is 11.4. The number of hydrogen-bond donors (Lipinski definition) is 2. The number of carbonyl (C=O) groups excluding carboxylic acids is 1. The Morgan fingerprint density at radius 2 is 2.00 bits per heavy atom. The van der Waals surface area contributed by atoms with Crippen LogP contribution in [0, 0.1) is 17.6 Å². The van der Waals surface area contributed by atoms with Crippen LogP contribution in [0.3, 0.4) is 0 Å². The average Bonchev–Trinajstić information content (AvgIpc) is 2.42.